The number of amides is 2. The molecule has 0 aliphatic heterocycles. The molecule has 1 saturated carbocycles. The van der Waals surface area contributed by atoms with E-state index in [9.17, 15) is 18.0 Å². The van der Waals surface area contributed by atoms with Crippen LogP contribution in [0.3, 0.4) is 0 Å². The molecule has 0 saturated heterocycles. The molecule has 0 radical (unpaired) electrons. The van der Waals surface area contributed by atoms with E-state index >= 15 is 0 Å². The van der Waals surface area contributed by atoms with Gasteiger partial charge in [0, 0.05) is 12.6 Å². The first-order chi connectivity index (χ1) is 17.2. The van der Waals surface area contributed by atoms with E-state index < -0.39 is 28.5 Å². The van der Waals surface area contributed by atoms with Crippen molar-refractivity contribution in [3.8, 4) is 5.75 Å². The van der Waals surface area contributed by atoms with Crippen molar-refractivity contribution in [2.24, 2.45) is 0 Å². The highest BCUT2D eigenvalue weighted by atomic mass is 32.2. The molecule has 0 spiro atoms. The van der Waals surface area contributed by atoms with Crippen molar-refractivity contribution >= 4 is 27.5 Å². The van der Waals surface area contributed by atoms with Gasteiger partial charge in [0.2, 0.25) is 21.8 Å². The molecule has 9 heteroatoms. The SMILES string of the molecule is CC[C@H](C(=O)NC1CCCCC1)N(Cc1ccccc1)C(=O)CN(c1ccc(OC)cc1)S(C)(=O)=O. The lowest BCUT2D eigenvalue weighted by Crippen LogP contribution is -2.53. The van der Waals surface area contributed by atoms with Gasteiger partial charge in [-0.05, 0) is 49.1 Å². The van der Waals surface area contributed by atoms with Crippen LogP contribution >= 0.6 is 0 Å². The number of carbonyl (C=O) groups is 2. The molecular formula is C27H37N3O5S. The highest BCUT2D eigenvalue weighted by Crippen LogP contribution is 2.23. The first-order valence-electron chi connectivity index (χ1n) is 12.5. The Morgan fingerprint density at radius 1 is 1.03 bits per heavy atom. The number of hydrogen-bond acceptors (Lipinski definition) is 5. The molecule has 0 aromatic heterocycles. The third-order valence-corrected chi connectivity index (χ3v) is 7.71. The molecule has 2 aromatic rings. The van der Waals surface area contributed by atoms with Crippen LogP contribution in [-0.4, -0.2) is 57.1 Å². The van der Waals surface area contributed by atoms with E-state index in [-0.39, 0.29) is 18.5 Å². The number of rotatable bonds is 11. The smallest absolute Gasteiger partial charge is 0.244 e. The van der Waals surface area contributed by atoms with Crippen molar-refractivity contribution in [1.82, 2.24) is 10.2 Å². The van der Waals surface area contributed by atoms with Crippen molar-refractivity contribution in [1.29, 1.82) is 0 Å². The summed E-state index contributed by atoms with van der Waals surface area (Å²) in [7, 11) is -2.24. The number of hydrogen-bond donors (Lipinski definition) is 1. The van der Waals surface area contributed by atoms with Gasteiger partial charge in [0.1, 0.15) is 18.3 Å². The van der Waals surface area contributed by atoms with Crippen LogP contribution in [0.25, 0.3) is 0 Å². The maximum absolute atomic E-state index is 13.7. The van der Waals surface area contributed by atoms with Gasteiger partial charge in [0.15, 0.2) is 0 Å². The maximum atomic E-state index is 13.7. The van der Waals surface area contributed by atoms with E-state index in [1.54, 1.807) is 24.3 Å². The summed E-state index contributed by atoms with van der Waals surface area (Å²) in [5.74, 6) is -0.0514. The van der Waals surface area contributed by atoms with Gasteiger partial charge < -0.3 is 15.0 Å². The molecule has 1 aliphatic rings. The van der Waals surface area contributed by atoms with Gasteiger partial charge in [-0.15, -0.1) is 0 Å². The summed E-state index contributed by atoms with van der Waals surface area (Å²) >= 11 is 0. The molecule has 2 amide bonds. The second-order valence-corrected chi connectivity index (χ2v) is 11.1. The van der Waals surface area contributed by atoms with Gasteiger partial charge >= 0.3 is 0 Å². The Kier molecular flexibility index (Phi) is 9.75. The lowest BCUT2D eigenvalue weighted by molar-refractivity contribution is -0.140. The minimum absolute atomic E-state index is 0.112. The zero-order valence-corrected chi connectivity index (χ0v) is 22.2. The van der Waals surface area contributed by atoms with Crippen LogP contribution in [0.1, 0.15) is 51.0 Å². The number of anilines is 1. The van der Waals surface area contributed by atoms with Crippen LogP contribution in [0.15, 0.2) is 54.6 Å². The molecule has 1 N–H and O–H groups in total. The van der Waals surface area contributed by atoms with Crippen molar-refractivity contribution in [3.05, 3.63) is 60.2 Å². The fourth-order valence-corrected chi connectivity index (χ4v) is 5.46. The third-order valence-electron chi connectivity index (χ3n) is 6.57. The summed E-state index contributed by atoms with van der Waals surface area (Å²) in [6.07, 6.45) is 6.70. The van der Waals surface area contributed by atoms with Crippen LogP contribution in [0.5, 0.6) is 5.75 Å². The van der Waals surface area contributed by atoms with Gasteiger partial charge in [0.05, 0.1) is 19.1 Å². The average Bonchev–Trinajstić information content (AvgIpc) is 2.87. The van der Waals surface area contributed by atoms with Gasteiger partial charge in [0.25, 0.3) is 0 Å². The molecule has 196 valence electrons. The van der Waals surface area contributed by atoms with E-state index in [0.717, 1.165) is 41.8 Å². The summed E-state index contributed by atoms with van der Waals surface area (Å²) in [4.78, 5) is 28.6. The Bertz CT molecular complexity index is 1100. The molecule has 3 rings (SSSR count). The Morgan fingerprint density at radius 3 is 2.22 bits per heavy atom. The Morgan fingerprint density at radius 2 is 1.67 bits per heavy atom. The Hall–Kier alpha value is -3.07. The normalized spacial score (nSPS) is 15.1. The second kappa shape index (κ2) is 12.8. The average molecular weight is 516 g/mol. The van der Waals surface area contributed by atoms with E-state index in [2.05, 4.69) is 5.32 Å². The highest BCUT2D eigenvalue weighted by Gasteiger charge is 2.32. The molecule has 1 aliphatic carbocycles. The molecule has 0 unspecified atom stereocenters. The van der Waals surface area contributed by atoms with E-state index in [4.69, 9.17) is 4.74 Å². The van der Waals surface area contributed by atoms with Crippen LogP contribution in [0, 0.1) is 0 Å². The molecule has 0 heterocycles. The van der Waals surface area contributed by atoms with E-state index in [1.807, 2.05) is 37.3 Å². The fraction of sp³-hybridized carbons (Fsp3) is 0.481. The predicted octanol–water partition coefficient (Wildman–Crippen LogP) is 3.72. The highest BCUT2D eigenvalue weighted by molar-refractivity contribution is 7.92. The summed E-state index contributed by atoms with van der Waals surface area (Å²) in [6.45, 7) is 1.66. The Balaban J connectivity index is 1.88. The molecular weight excluding hydrogens is 478 g/mol. The number of nitrogens with zero attached hydrogens (tertiary/aromatic N) is 2. The monoisotopic (exact) mass is 515 g/mol. The van der Waals surface area contributed by atoms with Gasteiger partial charge in [-0.3, -0.25) is 13.9 Å². The Labute approximate surface area is 214 Å². The first kappa shape index (κ1) is 27.5. The van der Waals surface area contributed by atoms with E-state index in [1.165, 1.54) is 18.4 Å². The van der Waals surface area contributed by atoms with Crippen LogP contribution < -0.4 is 14.4 Å². The molecule has 1 atom stereocenters. The number of methoxy groups -OCH3 is 1. The summed E-state index contributed by atoms with van der Waals surface area (Å²) in [5.41, 5.74) is 1.22. The number of sulfonamides is 1. The molecule has 36 heavy (non-hydrogen) atoms. The number of nitrogens with one attached hydrogen (secondary N) is 1. The summed E-state index contributed by atoms with van der Waals surface area (Å²) in [5, 5.41) is 3.14. The van der Waals surface area contributed by atoms with Crippen LogP contribution in [0.2, 0.25) is 0 Å². The second-order valence-electron chi connectivity index (χ2n) is 9.24. The van der Waals surface area contributed by atoms with Crippen molar-refractivity contribution in [3.63, 3.8) is 0 Å². The minimum Gasteiger partial charge on any atom is -0.497 e. The summed E-state index contributed by atoms with van der Waals surface area (Å²) in [6, 6.07) is 15.3. The fourth-order valence-electron chi connectivity index (χ4n) is 4.61. The van der Waals surface area contributed by atoms with Gasteiger partial charge in [-0.1, -0.05) is 56.5 Å². The van der Waals surface area contributed by atoms with Gasteiger partial charge in [-0.2, -0.15) is 0 Å². The number of carbonyl (C=O) groups excluding carboxylic acids is 2. The minimum atomic E-state index is -3.77. The van der Waals surface area contributed by atoms with Gasteiger partial charge in [-0.25, -0.2) is 8.42 Å². The molecule has 2 aromatic carbocycles. The number of benzene rings is 2. The standard InChI is InChI=1S/C27H37N3O5S/c1-4-25(27(32)28-22-13-9-6-10-14-22)29(19-21-11-7-5-8-12-21)26(31)20-30(36(3,33)34)23-15-17-24(35-2)18-16-23/h5,7-8,11-12,15-18,22,25H,4,6,9-10,13-14,19-20H2,1-3H3,(H,28,32)/t25-/m1/s1. The maximum Gasteiger partial charge on any atom is 0.244 e. The third kappa shape index (κ3) is 7.46. The van der Waals surface area contributed by atoms with Crippen molar-refractivity contribution in [2.45, 2.75) is 64.1 Å². The molecule has 0 bridgehead atoms. The zero-order chi connectivity index (χ0) is 26.1. The lowest BCUT2D eigenvalue weighted by atomic mass is 9.95. The topological polar surface area (TPSA) is 96.0 Å². The van der Waals surface area contributed by atoms with Crippen molar-refractivity contribution < 1.29 is 22.7 Å². The number of ether oxygens (including phenoxy) is 1. The molecule has 1 fully saturated rings. The first-order valence-corrected chi connectivity index (χ1v) is 14.3. The zero-order valence-electron chi connectivity index (χ0n) is 21.4. The predicted molar refractivity (Wildman–Crippen MR) is 141 cm³/mol. The van der Waals surface area contributed by atoms with Crippen LogP contribution in [-0.2, 0) is 26.2 Å². The van der Waals surface area contributed by atoms with E-state index in [0.29, 0.717) is 17.9 Å². The quantitative estimate of drug-likeness (QED) is 0.492. The largest absolute Gasteiger partial charge is 0.497 e. The lowest BCUT2D eigenvalue weighted by Gasteiger charge is -2.34. The van der Waals surface area contributed by atoms with Crippen molar-refractivity contribution in [2.75, 3.05) is 24.2 Å². The molecule has 8 nitrogen and oxygen atoms in total. The summed E-state index contributed by atoms with van der Waals surface area (Å²) < 4.78 is 31.6. The van der Waals surface area contributed by atoms with Crippen LogP contribution in [0.4, 0.5) is 5.69 Å².